The number of β-amino-alcohol motifs (C(OH)–C–C–N with tert-alkyl or cyclic N) is 1. The monoisotopic (exact) mass is 476 g/mol. The first kappa shape index (κ1) is 24.3. The molecule has 35 heavy (non-hydrogen) atoms. The van der Waals surface area contributed by atoms with Crippen molar-refractivity contribution in [3.8, 4) is 23.0 Å². The predicted molar refractivity (Wildman–Crippen MR) is 128 cm³/mol. The number of nitrogens with one attached hydrogen (secondary N) is 1. The van der Waals surface area contributed by atoms with Crippen LogP contribution in [-0.4, -0.2) is 64.4 Å². The van der Waals surface area contributed by atoms with Gasteiger partial charge in [-0.15, -0.1) is 11.8 Å². The fraction of sp³-hybridized carbons (Fsp3) is 0.370. The zero-order valence-electron chi connectivity index (χ0n) is 19.5. The molecule has 1 heterocycles. The third-order valence-electron chi connectivity index (χ3n) is 6.60. The van der Waals surface area contributed by atoms with Gasteiger partial charge in [-0.3, -0.25) is 4.79 Å². The summed E-state index contributed by atoms with van der Waals surface area (Å²) in [5.41, 5.74) is 2.37. The second-order valence-corrected chi connectivity index (χ2v) is 8.85. The maximum atomic E-state index is 13.1. The van der Waals surface area contributed by atoms with Crippen LogP contribution < -0.4 is 5.32 Å². The number of piperidine rings is 1. The van der Waals surface area contributed by atoms with Crippen LogP contribution in [0.2, 0.25) is 0 Å². The third-order valence-corrected chi connectivity index (χ3v) is 6.60. The average Bonchev–Trinajstić information content (AvgIpc) is 3.18. The molecule has 182 valence electrons. The Bertz CT molecular complexity index is 1150. The number of aliphatic carboxylic acids is 1. The number of carbonyl (C=O) groups is 3. The first-order valence-electron chi connectivity index (χ1n) is 11.6. The molecule has 1 aliphatic heterocycles. The molecule has 0 aromatic heterocycles. The molecule has 2 aromatic rings. The van der Waals surface area contributed by atoms with Crippen LogP contribution in [0.3, 0.4) is 0 Å². The summed E-state index contributed by atoms with van der Waals surface area (Å²) in [5.74, 6) is 3.51. The quantitative estimate of drug-likeness (QED) is 0.552. The minimum atomic E-state index is -2.00. The summed E-state index contributed by atoms with van der Waals surface area (Å²) >= 11 is 0. The van der Waals surface area contributed by atoms with Gasteiger partial charge in [0.25, 0.3) is 0 Å². The van der Waals surface area contributed by atoms with Gasteiger partial charge in [0, 0.05) is 18.9 Å². The summed E-state index contributed by atoms with van der Waals surface area (Å²) in [7, 11) is 0. The zero-order chi connectivity index (χ0) is 25.0. The molecule has 3 N–H and O–H groups in total. The number of aliphatic hydroxyl groups is 1. The number of likely N-dealkylation sites (tertiary alicyclic amines) is 1. The number of ether oxygens (including phenoxy) is 1. The van der Waals surface area contributed by atoms with Gasteiger partial charge in [-0.2, -0.15) is 0 Å². The Kier molecular flexibility index (Phi) is 7.08. The van der Waals surface area contributed by atoms with E-state index in [9.17, 15) is 24.6 Å². The summed E-state index contributed by atoms with van der Waals surface area (Å²) in [6.07, 6.45) is -0.313. The van der Waals surface area contributed by atoms with E-state index in [1.54, 1.807) is 6.92 Å². The van der Waals surface area contributed by atoms with E-state index >= 15 is 0 Å². The molecule has 4 rings (SSSR count). The smallest absolute Gasteiger partial charge is 0.407 e. The molecule has 0 spiro atoms. The van der Waals surface area contributed by atoms with Crippen molar-refractivity contribution in [2.24, 2.45) is 0 Å². The Morgan fingerprint density at radius 3 is 2.37 bits per heavy atom. The topological polar surface area (TPSA) is 116 Å². The van der Waals surface area contributed by atoms with Crippen molar-refractivity contribution in [3.05, 3.63) is 59.7 Å². The van der Waals surface area contributed by atoms with Crippen molar-refractivity contribution in [1.29, 1.82) is 0 Å². The van der Waals surface area contributed by atoms with Gasteiger partial charge in [0.05, 0.1) is 6.54 Å². The third kappa shape index (κ3) is 5.00. The van der Waals surface area contributed by atoms with Crippen molar-refractivity contribution in [1.82, 2.24) is 10.2 Å². The molecule has 2 aromatic carbocycles. The largest absolute Gasteiger partial charge is 0.479 e. The number of alkyl carbamates (subject to hydrolysis) is 1. The molecule has 1 aliphatic carbocycles. The number of rotatable bonds is 6. The number of fused-ring (bicyclic) bond motifs is 3. The lowest BCUT2D eigenvalue weighted by atomic mass is 9.92. The number of nitrogens with zero attached hydrogens (tertiary/aromatic N) is 1. The number of benzene rings is 2. The molecule has 0 saturated carbocycles. The Morgan fingerprint density at radius 1 is 1.14 bits per heavy atom. The maximum Gasteiger partial charge on any atom is 0.407 e. The minimum Gasteiger partial charge on any atom is -0.479 e. The minimum absolute atomic E-state index is 0.0432. The van der Waals surface area contributed by atoms with E-state index in [1.807, 2.05) is 48.5 Å². The van der Waals surface area contributed by atoms with Crippen LogP contribution in [-0.2, 0) is 14.3 Å². The predicted octanol–water partition coefficient (Wildman–Crippen LogP) is 2.75. The van der Waals surface area contributed by atoms with E-state index in [1.165, 1.54) is 4.90 Å². The van der Waals surface area contributed by atoms with Crippen molar-refractivity contribution in [2.75, 3.05) is 19.7 Å². The number of carboxylic acid groups (broad SMARTS) is 1. The Morgan fingerprint density at radius 2 is 1.77 bits per heavy atom. The van der Waals surface area contributed by atoms with Gasteiger partial charge in [-0.05, 0) is 42.0 Å². The molecule has 8 heteroatoms. The summed E-state index contributed by atoms with van der Waals surface area (Å²) in [4.78, 5) is 38.6. The highest BCUT2D eigenvalue weighted by molar-refractivity contribution is 5.87. The van der Waals surface area contributed by atoms with E-state index < -0.39 is 29.6 Å². The van der Waals surface area contributed by atoms with Crippen molar-refractivity contribution in [2.45, 2.75) is 43.7 Å². The number of carbonyl (C=O) groups excluding carboxylic acids is 2. The molecular weight excluding hydrogens is 448 g/mol. The van der Waals surface area contributed by atoms with Gasteiger partial charge >= 0.3 is 12.1 Å². The maximum absolute atomic E-state index is 13.1. The van der Waals surface area contributed by atoms with Crippen molar-refractivity contribution in [3.63, 3.8) is 0 Å². The molecule has 8 nitrogen and oxygen atoms in total. The normalized spacial score (nSPS) is 19.5. The lowest BCUT2D eigenvalue weighted by Crippen LogP contribution is -2.58. The number of hydrogen-bond donors (Lipinski definition) is 3. The fourth-order valence-corrected chi connectivity index (χ4v) is 4.81. The molecule has 2 aliphatic rings. The summed E-state index contributed by atoms with van der Waals surface area (Å²) < 4.78 is 5.55. The Hall–Kier alpha value is -3.83. The first-order valence-corrected chi connectivity index (χ1v) is 11.6. The van der Waals surface area contributed by atoms with Crippen LogP contribution in [0, 0.1) is 11.8 Å². The van der Waals surface area contributed by atoms with Crippen LogP contribution in [0.25, 0.3) is 11.1 Å². The van der Waals surface area contributed by atoms with Crippen molar-refractivity contribution >= 4 is 18.0 Å². The summed E-state index contributed by atoms with van der Waals surface area (Å²) in [6, 6.07) is 15.0. The van der Waals surface area contributed by atoms with E-state index in [-0.39, 0.29) is 38.5 Å². The van der Waals surface area contributed by atoms with E-state index in [4.69, 9.17) is 4.74 Å². The van der Waals surface area contributed by atoms with Crippen LogP contribution in [0.15, 0.2) is 48.5 Å². The molecule has 0 radical (unpaired) electrons. The van der Waals surface area contributed by atoms with Gasteiger partial charge in [0.15, 0.2) is 5.60 Å². The van der Waals surface area contributed by atoms with Gasteiger partial charge in [0.2, 0.25) is 5.91 Å². The number of carboxylic acids is 1. The SMILES string of the molecule is CC#CCC(NC(=O)OCC1c2ccccc2-c2ccccc21)C(=O)N1CCCC(O)(C(=O)O)C1. The number of hydrogen-bond acceptors (Lipinski definition) is 5. The molecule has 0 bridgehead atoms. The highest BCUT2D eigenvalue weighted by atomic mass is 16.5. The van der Waals surface area contributed by atoms with E-state index in [0.717, 1.165) is 22.3 Å². The van der Waals surface area contributed by atoms with E-state index in [0.29, 0.717) is 6.42 Å². The second-order valence-electron chi connectivity index (χ2n) is 8.85. The molecule has 2 unspecified atom stereocenters. The lowest BCUT2D eigenvalue weighted by Gasteiger charge is -2.37. The number of amides is 2. The van der Waals surface area contributed by atoms with Crippen LogP contribution in [0.5, 0.6) is 0 Å². The summed E-state index contributed by atoms with van der Waals surface area (Å²) in [6.45, 7) is 1.67. The molecule has 2 amide bonds. The standard InChI is InChI=1S/C27H28N2O6/c1-2-3-13-23(24(30)29-15-8-14-27(34,17-29)25(31)32)28-26(33)35-16-22-20-11-6-4-9-18(20)19-10-5-7-12-21(19)22/h4-7,9-12,22-23,34H,8,13-17H2,1H3,(H,28,33)(H,31,32). The zero-order valence-corrected chi connectivity index (χ0v) is 19.5. The lowest BCUT2D eigenvalue weighted by molar-refractivity contribution is -0.166. The first-order chi connectivity index (χ1) is 16.8. The Labute approximate surface area is 203 Å². The summed E-state index contributed by atoms with van der Waals surface area (Å²) in [5, 5.41) is 22.3. The molecule has 1 saturated heterocycles. The van der Waals surface area contributed by atoms with Crippen LogP contribution in [0.4, 0.5) is 4.79 Å². The second kappa shape index (κ2) is 10.2. The Balaban J connectivity index is 1.44. The average molecular weight is 477 g/mol. The van der Waals surface area contributed by atoms with Gasteiger partial charge in [-0.25, -0.2) is 9.59 Å². The molecule has 2 atom stereocenters. The van der Waals surface area contributed by atoms with E-state index in [2.05, 4.69) is 17.2 Å². The molecular formula is C27H28N2O6. The molecule has 1 fully saturated rings. The van der Waals surface area contributed by atoms with Gasteiger partial charge in [-0.1, -0.05) is 48.5 Å². The van der Waals surface area contributed by atoms with Gasteiger partial charge < -0.3 is 25.2 Å². The van der Waals surface area contributed by atoms with Gasteiger partial charge in [0.1, 0.15) is 12.6 Å². The fourth-order valence-electron chi connectivity index (χ4n) is 4.81. The van der Waals surface area contributed by atoms with Crippen LogP contribution >= 0.6 is 0 Å². The van der Waals surface area contributed by atoms with Crippen molar-refractivity contribution < 1.29 is 29.3 Å². The highest BCUT2D eigenvalue weighted by Gasteiger charge is 2.43. The van der Waals surface area contributed by atoms with Crippen LogP contribution in [0.1, 0.15) is 43.2 Å². The highest BCUT2D eigenvalue weighted by Crippen LogP contribution is 2.44.